The number of ether oxygens (including phenoxy) is 1. The molecule has 0 unspecified atom stereocenters. The number of aryl methyl sites for hydroxylation is 2. The van der Waals surface area contributed by atoms with Gasteiger partial charge in [-0.15, -0.1) is 11.3 Å². The molecule has 0 radical (unpaired) electrons. The second-order valence-electron chi connectivity index (χ2n) is 7.93. The number of benzene rings is 2. The van der Waals surface area contributed by atoms with Crippen molar-refractivity contribution in [1.29, 1.82) is 0 Å². The number of sulfonamides is 1. The minimum Gasteiger partial charge on any atom is -0.378 e. The topological polar surface area (TPSA) is 100 Å². The van der Waals surface area contributed by atoms with Gasteiger partial charge in [-0.25, -0.2) is 13.8 Å². The lowest BCUT2D eigenvalue weighted by molar-refractivity contribution is 0.0955. The number of hydrogen-bond acceptors (Lipinski definition) is 7. The van der Waals surface area contributed by atoms with Crippen LogP contribution in [0.3, 0.4) is 0 Å². The molecule has 1 aliphatic heterocycles. The van der Waals surface area contributed by atoms with E-state index in [-0.39, 0.29) is 10.5 Å². The Labute approximate surface area is 203 Å². The highest BCUT2D eigenvalue weighted by atomic mass is 32.2. The Hall–Kier alpha value is -3.21. The number of hydrogen-bond donors (Lipinski definition) is 2. The number of rotatable bonds is 7. The van der Waals surface area contributed by atoms with Crippen LogP contribution in [-0.2, 0) is 14.8 Å². The first-order valence-electron chi connectivity index (χ1n) is 10.8. The second-order valence-corrected chi connectivity index (χ2v) is 10.7. The summed E-state index contributed by atoms with van der Waals surface area (Å²) >= 11 is 1.58. The highest BCUT2D eigenvalue weighted by molar-refractivity contribution is 7.92. The monoisotopic (exact) mass is 498 g/mol. The van der Waals surface area contributed by atoms with Gasteiger partial charge in [0.1, 0.15) is 0 Å². The van der Waals surface area contributed by atoms with E-state index in [1.165, 1.54) is 18.2 Å². The van der Waals surface area contributed by atoms with Crippen molar-refractivity contribution >= 4 is 44.2 Å². The Morgan fingerprint density at radius 3 is 2.65 bits per heavy atom. The number of nitrogens with zero attached hydrogens (tertiary/aromatic N) is 2. The summed E-state index contributed by atoms with van der Waals surface area (Å²) in [5.41, 5.74) is 5.02. The SMILES string of the molecule is Cc1ccc(NS(=O)(=O)c2cccc(C(=O)NN=Cc3ccc(N4CCOCC4)s3)c2)c(C)c1. The maximum absolute atomic E-state index is 12.9. The van der Waals surface area contributed by atoms with Gasteiger partial charge in [0.05, 0.1) is 35.0 Å². The summed E-state index contributed by atoms with van der Waals surface area (Å²) in [5, 5.41) is 5.16. The van der Waals surface area contributed by atoms with Gasteiger partial charge in [-0.05, 0) is 55.8 Å². The minimum absolute atomic E-state index is 0.00230. The second kappa shape index (κ2) is 10.4. The van der Waals surface area contributed by atoms with Gasteiger partial charge in [0.2, 0.25) is 0 Å². The molecule has 4 rings (SSSR count). The average molecular weight is 499 g/mol. The number of morpholine rings is 1. The molecule has 1 saturated heterocycles. The molecule has 2 N–H and O–H groups in total. The summed E-state index contributed by atoms with van der Waals surface area (Å²) in [6, 6.07) is 15.3. The van der Waals surface area contributed by atoms with Crippen LogP contribution in [0.25, 0.3) is 0 Å². The van der Waals surface area contributed by atoms with Crippen molar-refractivity contribution in [2.24, 2.45) is 5.10 Å². The molecule has 0 aliphatic carbocycles. The summed E-state index contributed by atoms with van der Waals surface area (Å²) in [5.74, 6) is -0.496. The van der Waals surface area contributed by atoms with Gasteiger partial charge in [-0.3, -0.25) is 9.52 Å². The van der Waals surface area contributed by atoms with E-state index in [4.69, 9.17) is 4.74 Å². The summed E-state index contributed by atoms with van der Waals surface area (Å²) in [6.45, 7) is 6.91. The predicted octanol–water partition coefficient (Wildman–Crippen LogP) is 3.77. The molecular weight excluding hydrogens is 472 g/mol. The summed E-state index contributed by atoms with van der Waals surface area (Å²) < 4.78 is 33.7. The van der Waals surface area contributed by atoms with Gasteiger partial charge in [0.25, 0.3) is 15.9 Å². The zero-order valence-corrected chi connectivity index (χ0v) is 20.6. The van der Waals surface area contributed by atoms with Crippen LogP contribution in [0.1, 0.15) is 26.4 Å². The molecule has 178 valence electrons. The van der Waals surface area contributed by atoms with Gasteiger partial charge < -0.3 is 9.64 Å². The van der Waals surface area contributed by atoms with Gasteiger partial charge in [-0.2, -0.15) is 5.10 Å². The molecular formula is C24H26N4O4S2. The zero-order valence-electron chi connectivity index (χ0n) is 18.9. The number of thiophene rings is 1. The molecule has 2 aromatic carbocycles. The molecule has 1 fully saturated rings. The number of carbonyl (C=O) groups is 1. The first-order valence-corrected chi connectivity index (χ1v) is 13.1. The molecule has 10 heteroatoms. The normalized spacial score (nSPS) is 14.4. The molecule has 0 bridgehead atoms. The van der Waals surface area contributed by atoms with E-state index in [2.05, 4.69) is 20.1 Å². The highest BCUT2D eigenvalue weighted by Gasteiger charge is 2.17. The lowest BCUT2D eigenvalue weighted by Gasteiger charge is -2.27. The molecule has 1 aromatic heterocycles. The fraction of sp³-hybridized carbons (Fsp3) is 0.250. The molecule has 0 spiro atoms. The van der Waals surface area contributed by atoms with Gasteiger partial charge in [0.15, 0.2) is 0 Å². The number of hydrazone groups is 1. The van der Waals surface area contributed by atoms with Crippen LogP contribution in [0.15, 0.2) is 64.6 Å². The fourth-order valence-electron chi connectivity index (χ4n) is 3.52. The van der Waals surface area contributed by atoms with Crippen molar-refractivity contribution in [1.82, 2.24) is 5.43 Å². The van der Waals surface area contributed by atoms with Gasteiger partial charge in [-0.1, -0.05) is 23.8 Å². The standard InChI is InChI=1S/C24H26N4O4S2/c1-17-6-8-22(18(2)14-17)27-34(30,31)21-5-3-4-19(15-21)24(29)26-25-16-20-7-9-23(33-20)28-10-12-32-13-11-28/h3-9,14-16,27H,10-13H2,1-2H3,(H,26,29). The summed E-state index contributed by atoms with van der Waals surface area (Å²) in [6.07, 6.45) is 1.58. The van der Waals surface area contributed by atoms with Gasteiger partial charge >= 0.3 is 0 Å². The van der Waals surface area contributed by atoms with Crippen LogP contribution < -0.4 is 15.0 Å². The van der Waals surface area contributed by atoms with Crippen LogP contribution in [0, 0.1) is 13.8 Å². The molecule has 1 aliphatic rings. The smallest absolute Gasteiger partial charge is 0.271 e. The minimum atomic E-state index is -3.86. The third kappa shape index (κ3) is 5.82. The third-order valence-corrected chi connectivity index (χ3v) is 7.77. The van der Waals surface area contributed by atoms with Crippen LogP contribution in [0.5, 0.6) is 0 Å². The Bertz CT molecular complexity index is 1310. The van der Waals surface area contributed by atoms with Crippen molar-refractivity contribution in [3.63, 3.8) is 0 Å². The summed E-state index contributed by atoms with van der Waals surface area (Å²) in [7, 11) is -3.86. The Morgan fingerprint density at radius 2 is 1.88 bits per heavy atom. The molecule has 2 heterocycles. The van der Waals surface area contributed by atoms with Gasteiger partial charge in [0, 0.05) is 23.5 Å². The first kappa shape index (κ1) is 23.9. The van der Waals surface area contributed by atoms with Crippen molar-refractivity contribution in [2.45, 2.75) is 18.7 Å². The molecule has 8 nitrogen and oxygen atoms in total. The van der Waals surface area contributed by atoms with Crippen LogP contribution >= 0.6 is 11.3 Å². The lowest BCUT2D eigenvalue weighted by Crippen LogP contribution is -2.35. The first-order chi connectivity index (χ1) is 16.3. The van der Waals surface area contributed by atoms with E-state index in [9.17, 15) is 13.2 Å². The van der Waals surface area contributed by atoms with Crippen LogP contribution in [0.4, 0.5) is 10.7 Å². The maximum Gasteiger partial charge on any atom is 0.271 e. The van der Waals surface area contributed by atoms with Crippen molar-refractivity contribution in [3.05, 3.63) is 76.2 Å². The Morgan fingerprint density at radius 1 is 1.09 bits per heavy atom. The number of nitrogens with one attached hydrogen (secondary N) is 2. The summed E-state index contributed by atoms with van der Waals surface area (Å²) in [4.78, 5) is 15.7. The number of carbonyl (C=O) groups excluding carboxylic acids is 1. The Balaban J connectivity index is 1.41. The third-order valence-electron chi connectivity index (χ3n) is 5.33. The van der Waals surface area contributed by atoms with E-state index < -0.39 is 15.9 Å². The molecule has 34 heavy (non-hydrogen) atoms. The number of amides is 1. The molecule has 0 saturated carbocycles. The Kier molecular flexibility index (Phi) is 7.30. The van der Waals surface area contributed by atoms with E-state index >= 15 is 0 Å². The van der Waals surface area contributed by atoms with E-state index in [1.807, 2.05) is 38.1 Å². The molecule has 0 atom stereocenters. The maximum atomic E-state index is 12.9. The van der Waals surface area contributed by atoms with E-state index in [0.717, 1.165) is 34.1 Å². The zero-order chi connectivity index (χ0) is 24.1. The highest BCUT2D eigenvalue weighted by Crippen LogP contribution is 2.25. The average Bonchev–Trinajstić information content (AvgIpc) is 3.30. The van der Waals surface area contributed by atoms with Crippen LogP contribution in [0.2, 0.25) is 0 Å². The predicted molar refractivity (Wildman–Crippen MR) is 136 cm³/mol. The fourth-order valence-corrected chi connectivity index (χ4v) is 5.63. The van der Waals surface area contributed by atoms with Crippen LogP contribution in [-0.4, -0.2) is 46.8 Å². The van der Waals surface area contributed by atoms with E-state index in [1.54, 1.807) is 29.7 Å². The largest absolute Gasteiger partial charge is 0.378 e. The van der Waals surface area contributed by atoms with Crippen molar-refractivity contribution in [2.75, 3.05) is 35.9 Å². The van der Waals surface area contributed by atoms with Crippen molar-refractivity contribution in [3.8, 4) is 0 Å². The lowest BCUT2D eigenvalue weighted by atomic mass is 10.1. The quantitative estimate of drug-likeness (QED) is 0.382. The van der Waals surface area contributed by atoms with Crippen molar-refractivity contribution < 1.29 is 17.9 Å². The van der Waals surface area contributed by atoms with E-state index in [0.29, 0.717) is 18.9 Å². The molecule has 3 aromatic rings. The molecule has 1 amide bonds. The number of anilines is 2.